The van der Waals surface area contributed by atoms with Gasteiger partial charge in [-0.05, 0) is 69.6 Å². The first-order valence-corrected chi connectivity index (χ1v) is 7.99. The maximum atomic E-state index is 5.97. The van der Waals surface area contributed by atoms with Gasteiger partial charge in [0.15, 0.2) is 0 Å². The third kappa shape index (κ3) is 3.52. The number of aryl methyl sites for hydroxylation is 1. The summed E-state index contributed by atoms with van der Waals surface area (Å²) in [5, 5.41) is 0. The van der Waals surface area contributed by atoms with Crippen LogP contribution in [0.15, 0.2) is 43.9 Å². The lowest BCUT2D eigenvalue weighted by Gasteiger charge is -2.27. The fraction of sp³-hybridized carbons (Fsp3) is 0.333. The molecule has 1 aromatic heterocycles. The summed E-state index contributed by atoms with van der Waals surface area (Å²) in [5.74, 6) is 0.963. The SMILES string of the molecule is Cc1occc1CN(C)C(CN)c1ccc(Br)c(Br)c1. The van der Waals surface area contributed by atoms with Crippen molar-refractivity contribution in [3.8, 4) is 0 Å². The molecule has 1 aromatic carbocycles. The Kier molecular flexibility index (Phi) is 5.43. The van der Waals surface area contributed by atoms with Gasteiger partial charge in [-0.1, -0.05) is 6.07 Å². The molecule has 1 atom stereocenters. The quantitative estimate of drug-likeness (QED) is 0.814. The van der Waals surface area contributed by atoms with Crippen molar-refractivity contribution >= 4 is 31.9 Å². The first-order valence-electron chi connectivity index (χ1n) is 6.41. The van der Waals surface area contributed by atoms with E-state index < -0.39 is 0 Å². The summed E-state index contributed by atoms with van der Waals surface area (Å²) < 4.78 is 7.44. The Bertz CT molecular complexity index is 583. The molecule has 20 heavy (non-hydrogen) atoms. The summed E-state index contributed by atoms with van der Waals surface area (Å²) in [7, 11) is 2.08. The molecular weight excluding hydrogens is 384 g/mol. The fourth-order valence-corrected chi connectivity index (χ4v) is 2.89. The standard InChI is InChI=1S/C15H18Br2N2O/c1-10-12(5-6-20-10)9-19(2)15(8-18)11-3-4-13(16)14(17)7-11/h3-7,15H,8-9,18H2,1-2H3. The average Bonchev–Trinajstić information content (AvgIpc) is 2.80. The number of benzene rings is 1. The summed E-state index contributed by atoms with van der Waals surface area (Å²) in [6, 6.07) is 8.44. The smallest absolute Gasteiger partial charge is 0.105 e. The number of hydrogen-bond acceptors (Lipinski definition) is 3. The second-order valence-corrected chi connectivity index (χ2v) is 6.55. The van der Waals surface area contributed by atoms with Gasteiger partial charge in [-0.25, -0.2) is 0 Å². The van der Waals surface area contributed by atoms with Gasteiger partial charge in [0.05, 0.1) is 6.26 Å². The zero-order valence-corrected chi connectivity index (χ0v) is 14.7. The van der Waals surface area contributed by atoms with Gasteiger partial charge in [0.1, 0.15) is 5.76 Å². The first kappa shape index (κ1) is 15.8. The largest absolute Gasteiger partial charge is 0.469 e. The molecule has 0 aliphatic rings. The minimum absolute atomic E-state index is 0.175. The number of rotatable bonds is 5. The molecule has 0 spiro atoms. The monoisotopic (exact) mass is 400 g/mol. The summed E-state index contributed by atoms with van der Waals surface area (Å²) >= 11 is 7.04. The number of halogens is 2. The molecule has 0 saturated heterocycles. The number of furan rings is 1. The second kappa shape index (κ2) is 6.89. The molecule has 0 bridgehead atoms. The zero-order valence-electron chi connectivity index (χ0n) is 11.6. The lowest BCUT2D eigenvalue weighted by Crippen LogP contribution is -2.30. The van der Waals surface area contributed by atoms with Crippen LogP contribution in [0.1, 0.15) is 22.9 Å². The van der Waals surface area contributed by atoms with Gasteiger partial charge in [-0.15, -0.1) is 0 Å². The Hall–Kier alpha value is -0.620. The molecule has 0 aliphatic heterocycles. The van der Waals surface area contributed by atoms with Gasteiger partial charge < -0.3 is 10.2 Å². The normalized spacial score (nSPS) is 12.9. The van der Waals surface area contributed by atoms with Crippen molar-refractivity contribution in [2.75, 3.05) is 13.6 Å². The summed E-state index contributed by atoms with van der Waals surface area (Å²) in [6.07, 6.45) is 1.73. The highest BCUT2D eigenvalue weighted by atomic mass is 79.9. The summed E-state index contributed by atoms with van der Waals surface area (Å²) in [6.45, 7) is 3.37. The van der Waals surface area contributed by atoms with E-state index in [9.17, 15) is 0 Å². The Morgan fingerprint density at radius 1 is 1.25 bits per heavy atom. The Morgan fingerprint density at radius 3 is 2.55 bits per heavy atom. The molecule has 0 amide bonds. The molecule has 108 valence electrons. The average molecular weight is 402 g/mol. The van der Waals surface area contributed by atoms with Gasteiger partial charge in [-0.3, -0.25) is 4.90 Å². The molecule has 2 rings (SSSR count). The van der Waals surface area contributed by atoms with Crippen LogP contribution in [0.3, 0.4) is 0 Å². The molecule has 0 aliphatic carbocycles. The van der Waals surface area contributed by atoms with Crippen LogP contribution < -0.4 is 5.73 Å². The number of likely N-dealkylation sites (N-methyl/N-ethyl adjacent to an activating group) is 1. The van der Waals surface area contributed by atoms with Crippen LogP contribution in [-0.2, 0) is 6.54 Å². The van der Waals surface area contributed by atoms with E-state index in [2.05, 4.69) is 55.9 Å². The maximum absolute atomic E-state index is 5.97. The van der Waals surface area contributed by atoms with E-state index in [1.165, 1.54) is 11.1 Å². The van der Waals surface area contributed by atoms with Gasteiger partial charge in [-0.2, -0.15) is 0 Å². The number of nitrogens with zero attached hydrogens (tertiary/aromatic N) is 1. The third-order valence-corrected chi connectivity index (χ3v) is 5.35. The molecule has 0 fully saturated rings. The zero-order chi connectivity index (χ0) is 14.7. The third-order valence-electron chi connectivity index (χ3n) is 3.47. The molecule has 2 aromatic rings. The minimum Gasteiger partial charge on any atom is -0.469 e. The van der Waals surface area contributed by atoms with Crippen molar-refractivity contribution in [3.05, 3.63) is 56.4 Å². The molecular formula is C15H18Br2N2O. The predicted molar refractivity (Wildman–Crippen MR) is 88.5 cm³/mol. The fourth-order valence-electron chi connectivity index (χ4n) is 2.24. The molecule has 1 heterocycles. The maximum Gasteiger partial charge on any atom is 0.105 e. The predicted octanol–water partition coefficient (Wildman–Crippen LogP) is 4.24. The molecule has 2 N–H and O–H groups in total. The van der Waals surface area contributed by atoms with Crippen molar-refractivity contribution in [1.82, 2.24) is 4.90 Å². The van der Waals surface area contributed by atoms with Crippen LogP contribution >= 0.6 is 31.9 Å². The number of hydrogen-bond donors (Lipinski definition) is 1. The van der Waals surface area contributed by atoms with E-state index in [1.54, 1.807) is 6.26 Å². The van der Waals surface area contributed by atoms with Crippen LogP contribution in [0.5, 0.6) is 0 Å². The Balaban J connectivity index is 2.18. The van der Waals surface area contributed by atoms with E-state index in [-0.39, 0.29) is 6.04 Å². The molecule has 3 nitrogen and oxygen atoms in total. The van der Waals surface area contributed by atoms with Crippen molar-refractivity contribution in [2.45, 2.75) is 19.5 Å². The Labute approximate surface area is 136 Å². The van der Waals surface area contributed by atoms with Crippen LogP contribution in [0.2, 0.25) is 0 Å². The minimum atomic E-state index is 0.175. The molecule has 0 saturated carbocycles. The van der Waals surface area contributed by atoms with Gasteiger partial charge in [0.25, 0.3) is 0 Å². The van der Waals surface area contributed by atoms with Gasteiger partial charge >= 0.3 is 0 Å². The summed E-state index contributed by atoms with van der Waals surface area (Å²) in [5.41, 5.74) is 8.37. The van der Waals surface area contributed by atoms with E-state index in [0.717, 1.165) is 21.3 Å². The van der Waals surface area contributed by atoms with Crippen molar-refractivity contribution in [2.24, 2.45) is 5.73 Å². The van der Waals surface area contributed by atoms with Gasteiger partial charge in [0, 0.05) is 33.6 Å². The van der Waals surface area contributed by atoms with Crippen LogP contribution in [0.4, 0.5) is 0 Å². The van der Waals surface area contributed by atoms with Crippen LogP contribution in [0.25, 0.3) is 0 Å². The van der Waals surface area contributed by atoms with E-state index in [1.807, 2.05) is 19.1 Å². The highest BCUT2D eigenvalue weighted by Crippen LogP contribution is 2.29. The van der Waals surface area contributed by atoms with Crippen LogP contribution in [0, 0.1) is 6.92 Å². The highest BCUT2D eigenvalue weighted by Gasteiger charge is 2.17. The Morgan fingerprint density at radius 2 is 2.00 bits per heavy atom. The van der Waals surface area contributed by atoms with E-state index in [0.29, 0.717) is 6.54 Å². The molecule has 5 heteroatoms. The van der Waals surface area contributed by atoms with Crippen molar-refractivity contribution in [1.29, 1.82) is 0 Å². The van der Waals surface area contributed by atoms with E-state index >= 15 is 0 Å². The topological polar surface area (TPSA) is 42.4 Å². The van der Waals surface area contributed by atoms with Crippen molar-refractivity contribution < 1.29 is 4.42 Å². The highest BCUT2D eigenvalue weighted by molar-refractivity contribution is 9.13. The van der Waals surface area contributed by atoms with Crippen LogP contribution in [-0.4, -0.2) is 18.5 Å². The second-order valence-electron chi connectivity index (χ2n) is 4.84. The first-order chi connectivity index (χ1) is 9.52. The van der Waals surface area contributed by atoms with E-state index in [4.69, 9.17) is 10.2 Å². The van der Waals surface area contributed by atoms with Crippen molar-refractivity contribution in [3.63, 3.8) is 0 Å². The lowest BCUT2D eigenvalue weighted by atomic mass is 10.1. The molecule has 1 unspecified atom stereocenters. The summed E-state index contributed by atoms with van der Waals surface area (Å²) in [4.78, 5) is 2.24. The van der Waals surface area contributed by atoms with Gasteiger partial charge in [0.2, 0.25) is 0 Å². The number of nitrogens with two attached hydrogens (primary N) is 1. The molecule has 0 radical (unpaired) electrons. The lowest BCUT2D eigenvalue weighted by molar-refractivity contribution is 0.240.